The van der Waals surface area contributed by atoms with Gasteiger partial charge in [0.15, 0.2) is 17.3 Å². The van der Waals surface area contributed by atoms with Gasteiger partial charge in [0.1, 0.15) is 3.57 Å². The van der Waals surface area contributed by atoms with Crippen LogP contribution in [0.1, 0.15) is 0 Å². The molecule has 9 nitrogen and oxygen atoms in total. The molecule has 2 aromatic carbocycles. The molecule has 0 spiro atoms. The average Bonchev–Trinajstić information content (AvgIpc) is 3.03. The molecular formula is C14H7FIN3O6. The number of phenols is 3. The Morgan fingerprint density at radius 3 is 2.56 bits per heavy atom. The van der Waals surface area contributed by atoms with Gasteiger partial charge in [0.05, 0.1) is 10.5 Å². The van der Waals surface area contributed by atoms with Gasteiger partial charge in [0.2, 0.25) is 11.6 Å². The predicted octanol–water partition coefficient (Wildman–Crippen LogP) is 3.17. The molecule has 1 aromatic heterocycles. The first-order chi connectivity index (χ1) is 11.8. The number of halogens is 2. The number of hydrogen-bond donors (Lipinski definition) is 3. The Kier molecular flexibility index (Phi) is 4.16. The highest BCUT2D eigenvalue weighted by Gasteiger charge is 2.28. The van der Waals surface area contributed by atoms with E-state index in [1.807, 2.05) is 0 Å². The van der Waals surface area contributed by atoms with Crippen molar-refractivity contribution in [2.45, 2.75) is 0 Å². The van der Waals surface area contributed by atoms with Gasteiger partial charge >= 0.3 is 5.69 Å². The number of nitrogens with zero attached hydrogens (tertiary/aromatic N) is 3. The maximum atomic E-state index is 13.1. The Bertz CT molecular complexity index is 1010. The lowest BCUT2D eigenvalue weighted by Crippen LogP contribution is -1.95. The summed E-state index contributed by atoms with van der Waals surface area (Å²) in [5.41, 5.74) is -0.413. The summed E-state index contributed by atoms with van der Waals surface area (Å²) in [6.45, 7) is 0. The van der Waals surface area contributed by atoms with Crippen LogP contribution >= 0.6 is 22.6 Å². The Hall–Kier alpha value is -2.96. The molecule has 3 aromatic rings. The first kappa shape index (κ1) is 16.9. The van der Waals surface area contributed by atoms with Crippen LogP contribution in [-0.4, -0.2) is 30.4 Å². The van der Waals surface area contributed by atoms with Gasteiger partial charge in [-0.15, -0.1) is 0 Å². The topological polar surface area (TPSA) is 143 Å². The second-order valence-corrected chi connectivity index (χ2v) is 5.88. The fourth-order valence-corrected chi connectivity index (χ4v) is 2.88. The number of hydrogen-bond acceptors (Lipinski definition) is 8. The van der Waals surface area contributed by atoms with E-state index < -0.39 is 33.7 Å². The number of nitro groups is 1. The van der Waals surface area contributed by atoms with Crippen LogP contribution in [0.2, 0.25) is 0 Å². The van der Waals surface area contributed by atoms with E-state index in [1.165, 1.54) is 6.07 Å². The van der Waals surface area contributed by atoms with Crippen molar-refractivity contribution in [2.75, 3.05) is 0 Å². The van der Waals surface area contributed by atoms with Crippen LogP contribution < -0.4 is 0 Å². The minimum Gasteiger partial charge on any atom is -0.505 e. The molecule has 0 unspecified atom stereocenters. The van der Waals surface area contributed by atoms with Gasteiger partial charge in [-0.3, -0.25) is 10.1 Å². The molecule has 11 heteroatoms. The molecule has 0 radical (unpaired) electrons. The van der Waals surface area contributed by atoms with E-state index in [2.05, 4.69) is 10.1 Å². The quantitative estimate of drug-likeness (QED) is 0.235. The third-order valence-corrected chi connectivity index (χ3v) is 4.33. The molecule has 25 heavy (non-hydrogen) atoms. The van der Waals surface area contributed by atoms with Crippen molar-refractivity contribution in [1.82, 2.24) is 10.1 Å². The van der Waals surface area contributed by atoms with Crippen molar-refractivity contribution in [3.8, 4) is 40.1 Å². The molecular weight excluding hydrogens is 452 g/mol. The van der Waals surface area contributed by atoms with E-state index in [4.69, 9.17) is 4.52 Å². The Labute approximate surface area is 151 Å². The van der Waals surface area contributed by atoms with Crippen LogP contribution in [0.4, 0.5) is 10.1 Å². The van der Waals surface area contributed by atoms with E-state index in [9.17, 15) is 29.8 Å². The fourth-order valence-electron chi connectivity index (χ4n) is 2.05. The summed E-state index contributed by atoms with van der Waals surface area (Å²) in [7, 11) is 0. The van der Waals surface area contributed by atoms with Gasteiger partial charge < -0.3 is 19.8 Å². The molecule has 3 N–H and O–H groups in total. The van der Waals surface area contributed by atoms with E-state index in [1.54, 1.807) is 22.6 Å². The number of aromatic hydroxyl groups is 3. The monoisotopic (exact) mass is 459 g/mol. The first-order valence-electron chi connectivity index (χ1n) is 6.51. The van der Waals surface area contributed by atoms with E-state index >= 15 is 0 Å². The highest BCUT2D eigenvalue weighted by molar-refractivity contribution is 14.1. The van der Waals surface area contributed by atoms with Gasteiger partial charge in [-0.05, 0) is 46.9 Å². The summed E-state index contributed by atoms with van der Waals surface area (Å²) >= 11 is 1.61. The second kappa shape index (κ2) is 6.16. The summed E-state index contributed by atoms with van der Waals surface area (Å²) in [5, 5.41) is 43.5. The molecule has 0 saturated carbocycles. The van der Waals surface area contributed by atoms with Gasteiger partial charge in [-0.1, -0.05) is 5.16 Å². The zero-order valence-corrected chi connectivity index (χ0v) is 14.1. The number of phenolic OH excluding ortho intramolecular Hbond substituents is 3. The van der Waals surface area contributed by atoms with Crippen LogP contribution in [0.5, 0.6) is 17.2 Å². The lowest BCUT2D eigenvalue weighted by atomic mass is 10.1. The molecule has 0 bridgehead atoms. The molecule has 0 aliphatic carbocycles. The second-order valence-electron chi connectivity index (χ2n) is 4.80. The SMILES string of the molecule is O=[N+]([O-])c1c(O)c(O)cc(-c2nc(-c3ccc(F)c(O)c3)no2)c1I. The maximum absolute atomic E-state index is 13.1. The van der Waals surface area contributed by atoms with E-state index in [0.29, 0.717) is 0 Å². The summed E-state index contributed by atoms with van der Waals surface area (Å²) < 4.78 is 18.1. The molecule has 1 heterocycles. The molecule has 0 amide bonds. The third-order valence-electron chi connectivity index (χ3n) is 3.24. The molecule has 0 atom stereocenters. The Morgan fingerprint density at radius 1 is 1.20 bits per heavy atom. The van der Waals surface area contributed by atoms with Crippen molar-refractivity contribution >= 4 is 28.3 Å². The zero-order chi connectivity index (χ0) is 18.3. The van der Waals surface area contributed by atoms with Gasteiger partial charge in [-0.25, -0.2) is 4.39 Å². The minimum atomic E-state index is -0.874. The normalized spacial score (nSPS) is 10.8. The fraction of sp³-hybridized carbons (Fsp3) is 0. The smallest absolute Gasteiger partial charge is 0.328 e. The van der Waals surface area contributed by atoms with Crippen LogP contribution in [0.25, 0.3) is 22.8 Å². The Morgan fingerprint density at radius 2 is 1.92 bits per heavy atom. The zero-order valence-electron chi connectivity index (χ0n) is 12.0. The number of benzene rings is 2. The van der Waals surface area contributed by atoms with Crippen molar-refractivity contribution < 1.29 is 29.2 Å². The molecule has 128 valence electrons. The van der Waals surface area contributed by atoms with Crippen LogP contribution in [0, 0.1) is 19.5 Å². The molecule has 0 fully saturated rings. The standard InChI is InChI=1S/C14H7FIN3O6/c15-7-2-1-5(3-8(7)20)13-17-14(25-18-13)6-4-9(21)12(22)11(10(6)16)19(23)24/h1-4,20-22H. The lowest BCUT2D eigenvalue weighted by Gasteiger charge is -2.04. The third kappa shape index (κ3) is 2.93. The number of rotatable bonds is 3. The number of nitro benzene ring substituents is 1. The molecule has 0 saturated heterocycles. The van der Waals surface area contributed by atoms with Gasteiger partial charge in [0.25, 0.3) is 5.89 Å². The largest absolute Gasteiger partial charge is 0.505 e. The first-order valence-corrected chi connectivity index (χ1v) is 7.59. The maximum Gasteiger partial charge on any atom is 0.328 e. The van der Waals surface area contributed by atoms with Gasteiger partial charge in [0, 0.05) is 5.56 Å². The van der Waals surface area contributed by atoms with E-state index in [-0.39, 0.29) is 26.4 Å². The highest BCUT2D eigenvalue weighted by Crippen LogP contribution is 2.44. The van der Waals surface area contributed by atoms with Crippen LogP contribution in [0.15, 0.2) is 28.8 Å². The average molecular weight is 459 g/mol. The molecule has 0 aliphatic rings. The lowest BCUT2D eigenvalue weighted by molar-refractivity contribution is -0.386. The van der Waals surface area contributed by atoms with Crippen LogP contribution in [0.3, 0.4) is 0 Å². The van der Waals surface area contributed by atoms with Crippen molar-refractivity contribution in [2.24, 2.45) is 0 Å². The summed E-state index contributed by atoms with van der Waals surface area (Å²) in [6, 6.07) is 4.46. The Balaban J connectivity index is 2.11. The van der Waals surface area contributed by atoms with Crippen LogP contribution in [-0.2, 0) is 0 Å². The summed E-state index contributed by atoms with van der Waals surface area (Å²) in [4.78, 5) is 14.2. The summed E-state index contributed by atoms with van der Waals surface area (Å²) in [6.07, 6.45) is 0. The summed E-state index contributed by atoms with van der Waals surface area (Å²) in [5.74, 6) is -3.18. The van der Waals surface area contributed by atoms with Crippen molar-refractivity contribution in [1.29, 1.82) is 0 Å². The van der Waals surface area contributed by atoms with Gasteiger partial charge in [-0.2, -0.15) is 4.98 Å². The van der Waals surface area contributed by atoms with E-state index in [0.717, 1.165) is 18.2 Å². The number of aromatic nitrogens is 2. The minimum absolute atomic E-state index is 0.00341. The van der Waals surface area contributed by atoms with Crippen molar-refractivity contribution in [3.05, 3.63) is 43.8 Å². The van der Waals surface area contributed by atoms with Crippen molar-refractivity contribution in [3.63, 3.8) is 0 Å². The molecule has 0 aliphatic heterocycles. The predicted molar refractivity (Wildman–Crippen MR) is 89.5 cm³/mol. The molecule has 3 rings (SSSR count). The highest BCUT2D eigenvalue weighted by atomic mass is 127.